The molecule has 36 heavy (non-hydrogen) atoms. The number of nitrogens with zero attached hydrogens (tertiary/aromatic N) is 4. The molecule has 3 aromatic rings. The summed E-state index contributed by atoms with van der Waals surface area (Å²) in [6, 6.07) is 3.15. The molecular weight excluding hydrogens is 484 g/mol. The van der Waals surface area contributed by atoms with Crippen molar-refractivity contribution in [3.05, 3.63) is 46.5 Å². The Kier molecular flexibility index (Phi) is 8.61. The maximum absolute atomic E-state index is 12.9. The van der Waals surface area contributed by atoms with Gasteiger partial charge in [-0.05, 0) is 46.1 Å². The van der Waals surface area contributed by atoms with Crippen LogP contribution in [0.4, 0.5) is 16.5 Å². The molecule has 4 amide bonds. The second kappa shape index (κ2) is 11.6. The molecule has 0 unspecified atom stereocenters. The number of hydrogen-bond acceptors (Lipinski definition) is 7. The number of carbonyl (C=O) groups is 4. The molecule has 0 aliphatic rings. The molecule has 3 heterocycles. The summed E-state index contributed by atoms with van der Waals surface area (Å²) in [5.74, 6) is -1.07. The number of amides is 4. The Bertz CT molecular complexity index is 1270. The van der Waals surface area contributed by atoms with Gasteiger partial charge in [-0.15, -0.1) is 11.3 Å². The predicted octanol–water partition coefficient (Wildman–Crippen LogP) is 1.88. The first-order chi connectivity index (χ1) is 17.1. The molecule has 0 aliphatic heterocycles. The Morgan fingerprint density at radius 1 is 1.00 bits per heavy atom. The molecule has 4 N–H and O–H groups in total. The first-order valence-electron chi connectivity index (χ1n) is 11.1. The molecular formula is C23H30N8O4S. The van der Waals surface area contributed by atoms with Crippen molar-refractivity contribution in [2.45, 2.75) is 13.3 Å². The molecule has 0 fully saturated rings. The topological polar surface area (TPSA) is 142 Å². The second-order valence-electron chi connectivity index (χ2n) is 8.46. The van der Waals surface area contributed by atoms with E-state index >= 15 is 0 Å². The lowest BCUT2D eigenvalue weighted by atomic mass is 10.3. The molecule has 0 atom stereocenters. The molecule has 192 valence electrons. The van der Waals surface area contributed by atoms with Crippen LogP contribution in [-0.4, -0.2) is 70.3 Å². The third-order valence-corrected chi connectivity index (χ3v) is 6.15. The minimum Gasteiger partial charge on any atom is -0.351 e. The van der Waals surface area contributed by atoms with Crippen LogP contribution in [0.3, 0.4) is 0 Å². The van der Waals surface area contributed by atoms with Gasteiger partial charge in [-0.3, -0.25) is 19.2 Å². The van der Waals surface area contributed by atoms with E-state index < -0.39 is 11.8 Å². The number of rotatable bonds is 11. The normalized spacial score (nSPS) is 10.8. The van der Waals surface area contributed by atoms with Gasteiger partial charge in [0, 0.05) is 37.9 Å². The van der Waals surface area contributed by atoms with E-state index in [-0.39, 0.29) is 11.6 Å². The molecule has 0 aliphatic carbocycles. The summed E-state index contributed by atoms with van der Waals surface area (Å²) >= 11 is 1.19. The van der Waals surface area contributed by atoms with Gasteiger partial charge in [0.1, 0.15) is 17.1 Å². The maximum Gasteiger partial charge on any atom is 0.275 e. The monoisotopic (exact) mass is 514 g/mol. The number of thiazole rings is 1. The lowest BCUT2D eigenvalue weighted by molar-refractivity contribution is -0.105. The average molecular weight is 515 g/mol. The van der Waals surface area contributed by atoms with Gasteiger partial charge >= 0.3 is 0 Å². The van der Waals surface area contributed by atoms with Crippen LogP contribution >= 0.6 is 11.3 Å². The number of nitrogens with one attached hydrogen (secondary N) is 4. The van der Waals surface area contributed by atoms with E-state index in [2.05, 4.69) is 26.3 Å². The Hall–Kier alpha value is -3.97. The SMILES string of the molecule is Cc1sc(NC=O)nc1C(=O)Nc1cc(C(=O)Nc2cc(C(=O)NCCCN(C)C)n(C)c2)n(C)c1. The van der Waals surface area contributed by atoms with Crippen LogP contribution in [0.25, 0.3) is 0 Å². The Morgan fingerprint density at radius 2 is 1.58 bits per heavy atom. The van der Waals surface area contributed by atoms with Crippen molar-refractivity contribution >= 4 is 52.0 Å². The molecule has 0 aromatic carbocycles. The molecule has 3 aromatic heterocycles. The van der Waals surface area contributed by atoms with Gasteiger partial charge in [0.15, 0.2) is 5.13 Å². The zero-order valence-electron chi connectivity index (χ0n) is 20.8. The second-order valence-corrected chi connectivity index (χ2v) is 9.66. The molecule has 12 nitrogen and oxygen atoms in total. The molecule has 13 heteroatoms. The first-order valence-corrected chi connectivity index (χ1v) is 12.0. The highest BCUT2D eigenvalue weighted by Gasteiger charge is 2.19. The molecule has 3 rings (SSSR count). The summed E-state index contributed by atoms with van der Waals surface area (Å²) in [6.07, 6.45) is 4.60. The van der Waals surface area contributed by atoms with Crippen molar-refractivity contribution in [1.82, 2.24) is 24.3 Å². The fraction of sp³-hybridized carbons (Fsp3) is 0.348. The third kappa shape index (κ3) is 6.58. The Labute approximate surface area is 212 Å². The minimum absolute atomic E-state index is 0.191. The van der Waals surface area contributed by atoms with Crippen molar-refractivity contribution in [1.29, 1.82) is 0 Å². The fourth-order valence-corrected chi connectivity index (χ4v) is 4.28. The molecule has 0 saturated heterocycles. The predicted molar refractivity (Wildman–Crippen MR) is 139 cm³/mol. The molecule has 0 spiro atoms. The highest BCUT2D eigenvalue weighted by atomic mass is 32.1. The van der Waals surface area contributed by atoms with Crippen molar-refractivity contribution < 1.29 is 19.2 Å². The number of aromatic nitrogens is 3. The first kappa shape index (κ1) is 26.6. The van der Waals surface area contributed by atoms with E-state index in [9.17, 15) is 19.2 Å². The van der Waals surface area contributed by atoms with Crippen LogP contribution in [0.1, 0.15) is 42.8 Å². The zero-order chi connectivity index (χ0) is 26.4. The number of aryl methyl sites for hydroxylation is 3. The summed E-state index contributed by atoms with van der Waals surface area (Å²) in [6.45, 7) is 3.15. The fourth-order valence-electron chi connectivity index (χ4n) is 3.51. The average Bonchev–Trinajstić information content (AvgIpc) is 3.47. The van der Waals surface area contributed by atoms with Gasteiger partial charge in [0.2, 0.25) is 6.41 Å². The highest BCUT2D eigenvalue weighted by molar-refractivity contribution is 7.16. The summed E-state index contributed by atoms with van der Waals surface area (Å²) in [4.78, 5) is 55.4. The van der Waals surface area contributed by atoms with E-state index in [1.807, 2.05) is 19.0 Å². The van der Waals surface area contributed by atoms with E-state index in [0.29, 0.717) is 45.7 Å². The zero-order valence-corrected chi connectivity index (χ0v) is 21.7. The lowest BCUT2D eigenvalue weighted by Crippen LogP contribution is -2.28. The Balaban J connectivity index is 1.63. The van der Waals surface area contributed by atoms with Crippen LogP contribution in [0.2, 0.25) is 0 Å². The van der Waals surface area contributed by atoms with Crippen molar-refractivity contribution in [3.63, 3.8) is 0 Å². The van der Waals surface area contributed by atoms with Gasteiger partial charge in [0.25, 0.3) is 17.7 Å². The standard InChI is InChI=1S/C23H30N8O4S/c1-14-19(28-23(36-14)25-13-32)22(35)27-16-10-18(31(5)12-16)21(34)26-15-9-17(30(4)11-15)20(33)24-7-6-8-29(2)3/h9-13H,6-8H2,1-5H3,(H,24,33)(H,26,34)(H,27,35)(H,25,28,32). The lowest BCUT2D eigenvalue weighted by Gasteiger charge is -2.10. The van der Waals surface area contributed by atoms with Gasteiger partial charge in [0.05, 0.1) is 11.4 Å². The third-order valence-electron chi connectivity index (χ3n) is 5.25. The molecule has 0 bridgehead atoms. The number of anilines is 3. The smallest absolute Gasteiger partial charge is 0.275 e. The van der Waals surface area contributed by atoms with Crippen LogP contribution < -0.4 is 21.3 Å². The van der Waals surface area contributed by atoms with E-state index in [4.69, 9.17) is 0 Å². The van der Waals surface area contributed by atoms with E-state index in [1.165, 1.54) is 11.3 Å². The van der Waals surface area contributed by atoms with Crippen LogP contribution in [0.5, 0.6) is 0 Å². The van der Waals surface area contributed by atoms with Crippen LogP contribution in [-0.2, 0) is 18.9 Å². The van der Waals surface area contributed by atoms with Crippen LogP contribution in [0.15, 0.2) is 24.5 Å². The number of hydrogen-bond donors (Lipinski definition) is 4. The van der Waals surface area contributed by atoms with Gasteiger partial charge in [-0.1, -0.05) is 0 Å². The minimum atomic E-state index is -0.454. The highest BCUT2D eigenvalue weighted by Crippen LogP contribution is 2.23. The maximum atomic E-state index is 12.9. The van der Waals surface area contributed by atoms with Gasteiger partial charge < -0.3 is 35.3 Å². The van der Waals surface area contributed by atoms with E-state index in [0.717, 1.165) is 13.0 Å². The Morgan fingerprint density at radius 3 is 2.17 bits per heavy atom. The largest absolute Gasteiger partial charge is 0.351 e. The van der Waals surface area contributed by atoms with Crippen LogP contribution in [0, 0.1) is 6.92 Å². The number of carbonyl (C=O) groups excluding carboxylic acids is 4. The molecule has 0 radical (unpaired) electrons. The summed E-state index contributed by atoms with van der Waals surface area (Å²) in [5, 5.41) is 11.1. The summed E-state index contributed by atoms with van der Waals surface area (Å²) < 4.78 is 3.23. The van der Waals surface area contributed by atoms with E-state index in [1.54, 1.807) is 54.7 Å². The van der Waals surface area contributed by atoms with Gasteiger partial charge in [-0.2, -0.15) is 0 Å². The van der Waals surface area contributed by atoms with Crippen molar-refractivity contribution in [2.75, 3.05) is 43.1 Å². The van der Waals surface area contributed by atoms with Gasteiger partial charge in [-0.25, -0.2) is 4.98 Å². The molecule has 0 saturated carbocycles. The van der Waals surface area contributed by atoms with Crippen molar-refractivity contribution in [2.24, 2.45) is 14.1 Å². The van der Waals surface area contributed by atoms with Crippen molar-refractivity contribution in [3.8, 4) is 0 Å². The summed E-state index contributed by atoms with van der Waals surface area (Å²) in [5.41, 5.74) is 1.81. The quantitative estimate of drug-likeness (QED) is 0.227. The summed E-state index contributed by atoms with van der Waals surface area (Å²) in [7, 11) is 7.37.